The first kappa shape index (κ1) is 20.7. The van der Waals surface area contributed by atoms with Gasteiger partial charge < -0.3 is 10.6 Å². The minimum absolute atomic E-state index is 0. The number of hydrogen-bond donors (Lipinski definition) is 1. The van der Waals surface area contributed by atoms with Gasteiger partial charge >= 0.3 is 0 Å². The summed E-state index contributed by atoms with van der Waals surface area (Å²) in [5.41, 5.74) is 7.87. The summed E-state index contributed by atoms with van der Waals surface area (Å²) in [6, 6.07) is 11.7. The van der Waals surface area contributed by atoms with E-state index in [9.17, 15) is 0 Å². The Labute approximate surface area is 153 Å². The first-order chi connectivity index (χ1) is 10.2. The van der Waals surface area contributed by atoms with Crippen LogP contribution < -0.4 is 5.73 Å². The highest BCUT2D eigenvalue weighted by Crippen LogP contribution is 2.40. The maximum absolute atomic E-state index is 6.19. The molecule has 1 saturated heterocycles. The van der Waals surface area contributed by atoms with Gasteiger partial charge in [-0.15, -0.1) is 24.8 Å². The van der Waals surface area contributed by atoms with Crippen LogP contribution in [0.2, 0.25) is 0 Å². The fraction of sp³-hybridized carbons (Fsp3) is 0.667. The first-order valence-corrected chi connectivity index (χ1v) is 8.42. The molecule has 0 unspecified atom stereocenters. The molecular weight excluding hydrogens is 329 g/mol. The Morgan fingerprint density at radius 1 is 1.00 bits per heavy atom. The van der Waals surface area contributed by atoms with Gasteiger partial charge in [-0.3, -0.25) is 4.90 Å². The van der Waals surface area contributed by atoms with E-state index in [2.05, 4.69) is 47.2 Å². The van der Waals surface area contributed by atoms with Gasteiger partial charge in [0.2, 0.25) is 0 Å². The van der Waals surface area contributed by atoms with Crippen molar-refractivity contribution in [1.29, 1.82) is 0 Å². The van der Waals surface area contributed by atoms with E-state index >= 15 is 0 Å². The molecule has 2 fully saturated rings. The zero-order valence-corrected chi connectivity index (χ0v) is 15.7. The van der Waals surface area contributed by atoms with Crippen LogP contribution in [0.5, 0.6) is 0 Å². The average Bonchev–Trinajstić information content (AvgIpc) is 2.56. The second kappa shape index (κ2) is 9.24. The van der Waals surface area contributed by atoms with Crippen LogP contribution in [0.25, 0.3) is 0 Å². The molecule has 2 aliphatic rings. The van der Waals surface area contributed by atoms with E-state index in [0.717, 1.165) is 12.6 Å². The van der Waals surface area contributed by atoms with Crippen molar-refractivity contribution >= 4 is 24.8 Å². The van der Waals surface area contributed by atoms with Gasteiger partial charge in [-0.05, 0) is 38.3 Å². The highest BCUT2D eigenvalue weighted by atomic mass is 35.5. The van der Waals surface area contributed by atoms with E-state index in [0.29, 0.717) is 0 Å². The Bertz CT molecular complexity index is 439. The van der Waals surface area contributed by atoms with Gasteiger partial charge in [0.15, 0.2) is 0 Å². The quantitative estimate of drug-likeness (QED) is 0.900. The molecule has 2 N–H and O–H groups in total. The van der Waals surface area contributed by atoms with Crippen molar-refractivity contribution in [3.63, 3.8) is 0 Å². The van der Waals surface area contributed by atoms with Crippen LogP contribution in [-0.4, -0.2) is 55.6 Å². The molecule has 1 aromatic rings. The molecule has 0 atom stereocenters. The third-order valence-corrected chi connectivity index (χ3v) is 5.74. The van der Waals surface area contributed by atoms with E-state index in [1.807, 2.05) is 0 Å². The summed E-state index contributed by atoms with van der Waals surface area (Å²) in [6.07, 6.45) is 5.08. The lowest BCUT2D eigenvalue weighted by Crippen LogP contribution is -2.52. The van der Waals surface area contributed by atoms with Gasteiger partial charge in [-0.2, -0.15) is 0 Å². The fourth-order valence-electron chi connectivity index (χ4n) is 4.11. The molecule has 1 aliphatic carbocycles. The smallest absolute Gasteiger partial charge is 0.0113 e. The highest BCUT2D eigenvalue weighted by molar-refractivity contribution is 5.85. The van der Waals surface area contributed by atoms with Crippen LogP contribution in [-0.2, 0) is 5.41 Å². The summed E-state index contributed by atoms with van der Waals surface area (Å²) in [7, 11) is 2.23. The predicted octanol–water partition coefficient (Wildman–Crippen LogP) is 2.92. The summed E-state index contributed by atoms with van der Waals surface area (Å²) >= 11 is 0. The van der Waals surface area contributed by atoms with Crippen LogP contribution in [0.15, 0.2) is 30.3 Å². The molecule has 3 nitrogen and oxygen atoms in total. The summed E-state index contributed by atoms with van der Waals surface area (Å²) in [5.74, 6) is 0. The molecule has 1 aliphatic heterocycles. The van der Waals surface area contributed by atoms with E-state index in [1.54, 1.807) is 0 Å². The van der Waals surface area contributed by atoms with Crippen molar-refractivity contribution in [1.82, 2.24) is 9.80 Å². The minimum atomic E-state index is 0. The predicted molar refractivity (Wildman–Crippen MR) is 103 cm³/mol. The zero-order valence-electron chi connectivity index (χ0n) is 14.1. The van der Waals surface area contributed by atoms with Gasteiger partial charge in [0.25, 0.3) is 0 Å². The van der Waals surface area contributed by atoms with Crippen molar-refractivity contribution in [2.75, 3.05) is 39.8 Å². The minimum Gasteiger partial charge on any atom is -0.330 e. The molecule has 132 valence electrons. The topological polar surface area (TPSA) is 32.5 Å². The number of nitrogens with two attached hydrogens (primary N) is 1. The molecule has 1 aromatic carbocycles. The SMILES string of the molecule is CN1CCN([C@H]2CC[C@](CN)(c3ccccc3)CC2)CC1.Cl.Cl. The normalized spacial score (nSPS) is 29.4. The number of hydrogen-bond acceptors (Lipinski definition) is 3. The summed E-state index contributed by atoms with van der Waals surface area (Å²) < 4.78 is 0. The van der Waals surface area contributed by atoms with E-state index in [4.69, 9.17) is 5.73 Å². The van der Waals surface area contributed by atoms with Crippen molar-refractivity contribution in [3.05, 3.63) is 35.9 Å². The van der Waals surface area contributed by atoms with Crippen LogP contribution in [0, 0.1) is 0 Å². The van der Waals surface area contributed by atoms with Gasteiger partial charge in [0.1, 0.15) is 0 Å². The lowest BCUT2D eigenvalue weighted by atomic mass is 9.68. The zero-order chi connectivity index (χ0) is 14.7. The Hall–Kier alpha value is -0.320. The summed E-state index contributed by atoms with van der Waals surface area (Å²) in [4.78, 5) is 5.15. The number of benzene rings is 1. The molecule has 0 spiro atoms. The molecule has 3 rings (SSSR count). The van der Waals surface area contributed by atoms with Crippen molar-refractivity contribution in [2.24, 2.45) is 5.73 Å². The molecule has 1 heterocycles. The third-order valence-electron chi connectivity index (χ3n) is 5.74. The van der Waals surface area contributed by atoms with Crippen LogP contribution in [0.4, 0.5) is 0 Å². The van der Waals surface area contributed by atoms with Crippen molar-refractivity contribution in [3.8, 4) is 0 Å². The number of halogens is 2. The number of piperazine rings is 1. The summed E-state index contributed by atoms with van der Waals surface area (Å²) in [6.45, 7) is 5.70. The lowest BCUT2D eigenvalue weighted by Gasteiger charge is -2.45. The molecule has 5 heteroatoms. The van der Waals surface area contributed by atoms with Gasteiger partial charge in [-0.25, -0.2) is 0 Å². The number of nitrogens with zero attached hydrogens (tertiary/aromatic N) is 2. The second-order valence-corrected chi connectivity index (χ2v) is 6.92. The summed E-state index contributed by atoms with van der Waals surface area (Å²) in [5, 5.41) is 0. The Morgan fingerprint density at radius 3 is 2.09 bits per heavy atom. The van der Waals surface area contributed by atoms with Crippen molar-refractivity contribution in [2.45, 2.75) is 37.1 Å². The van der Waals surface area contributed by atoms with E-state index in [-0.39, 0.29) is 30.2 Å². The van der Waals surface area contributed by atoms with Crippen LogP contribution >= 0.6 is 24.8 Å². The number of rotatable bonds is 3. The third kappa shape index (κ3) is 4.61. The Kier molecular flexibility index (Phi) is 8.32. The molecule has 0 bridgehead atoms. The Morgan fingerprint density at radius 2 is 1.57 bits per heavy atom. The standard InChI is InChI=1S/C18H29N3.2ClH/c1-20-11-13-21(14-12-20)17-7-9-18(15-19,10-8-17)16-5-3-2-4-6-16;;/h2-6,17H,7-15,19H2,1H3;2*1H/t17-,18-;;. The maximum atomic E-state index is 6.19. The monoisotopic (exact) mass is 359 g/mol. The van der Waals surface area contributed by atoms with Gasteiger partial charge in [0, 0.05) is 44.2 Å². The van der Waals surface area contributed by atoms with Gasteiger partial charge in [0.05, 0.1) is 0 Å². The molecule has 23 heavy (non-hydrogen) atoms. The molecule has 0 aromatic heterocycles. The molecule has 0 amide bonds. The van der Waals surface area contributed by atoms with E-state index in [1.165, 1.54) is 57.4 Å². The lowest BCUT2D eigenvalue weighted by molar-refractivity contribution is 0.0757. The van der Waals surface area contributed by atoms with Crippen molar-refractivity contribution < 1.29 is 0 Å². The number of likely N-dealkylation sites (N-methyl/N-ethyl adjacent to an activating group) is 1. The second-order valence-electron chi connectivity index (χ2n) is 6.92. The molecule has 1 saturated carbocycles. The average molecular weight is 360 g/mol. The van der Waals surface area contributed by atoms with E-state index < -0.39 is 0 Å². The molecule has 0 radical (unpaired) electrons. The van der Waals surface area contributed by atoms with Crippen LogP contribution in [0.3, 0.4) is 0 Å². The first-order valence-electron chi connectivity index (χ1n) is 8.42. The Balaban J connectivity index is 0.00000132. The largest absolute Gasteiger partial charge is 0.330 e. The van der Waals surface area contributed by atoms with Crippen LogP contribution in [0.1, 0.15) is 31.2 Å². The van der Waals surface area contributed by atoms with Gasteiger partial charge in [-0.1, -0.05) is 30.3 Å². The maximum Gasteiger partial charge on any atom is 0.0113 e. The molecular formula is C18H31Cl2N3. The highest BCUT2D eigenvalue weighted by Gasteiger charge is 2.37. The fourth-order valence-corrected chi connectivity index (χ4v) is 4.11.